The van der Waals surface area contributed by atoms with E-state index in [0.717, 1.165) is 24.3 Å². The fourth-order valence-electron chi connectivity index (χ4n) is 1.75. The van der Waals surface area contributed by atoms with Crippen LogP contribution >= 0.6 is 11.3 Å². The van der Waals surface area contributed by atoms with Gasteiger partial charge in [-0.15, -0.1) is 10.2 Å². The Morgan fingerprint density at radius 1 is 1.27 bits per heavy atom. The zero-order chi connectivity index (χ0) is 16.5. The molecule has 0 aliphatic carbocycles. The summed E-state index contributed by atoms with van der Waals surface area (Å²) >= 11 is 1.36. The third kappa shape index (κ3) is 5.97. The van der Waals surface area contributed by atoms with Crippen LogP contribution in [-0.4, -0.2) is 34.8 Å². The van der Waals surface area contributed by atoms with Crippen LogP contribution in [0.5, 0.6) is 0 Å². The molecule has 0 bridgehead atoms. The number of nitrogens with one attached hydrogen (secondary N) is 2. The molecule has 0 fully saturated rings. The number of alkyl carbamates (subject to hydrolysis) is 1. The molecule has 0 aromatic carbocycles. The number of hydrogen-bond donors (Lipinski definition) is 2. The summed E-state index contributed by atoms with van der Waals surface area (Å²) in [5.41, 5.74) is 0. The molecule has 7 nitrogen and oxygen atoms in total. The maximum absolute atomic E-state index is 12.3. The molecule has 1 heterocycles. The zero-order valence-electron chi connectivity index (χ0n) is 13.5. The third-order valence-corrected chi connectivity index (χ3v) is 3.84. The topological polar surface area (TPSA) is 93.2 Å². The summed E-state index contributed by atoms with van der Waals surface area (Å²) in [4.78, 5) is 23.8. The summed E-state index contributed by atoms with van der Waals surface area (Å²) in [5, 5.41) is 14.6. The van der Waals surface area contributed by atoms with Gasteiger partial charge in [0.05, 0.1) is 6.61 Å². The Morgan fingerprint density at radius 2 is 2.00 bits per heavy atom. The summed E-state index contributed by atoms with van der Waals surface area (Å²) in [7, 11) is 0. The number of hydrogen-bond acceptors (Lipinski definition) is 6. The summed E-state index contributed by atoms with van der Waals surface area (Å²) < 4.78 is 4.82. The number of anilines is 1. The molecule has 0 saturated heterocycles. The highest BCUT2D eigenvalue weighted by Crippen LogP contribution is 2.18. The second kappa shape index (κ2) is 9.34. The molecule has 0 spiro atoms. The van der Waals surface area contributed by atoms with E-state index >= 15 is 0 Å². The van der Waals surface area contributed by atoms with Gasteiger partial charge < -0.3 is 10.1 Å². The van der Waals surface area contributed by atoms with Crippen molar-refractivity contribution in [2.24, 2.45) is 5.92 Å². The minimum atomic E-state index is -0.679. The maximum atomic E-state index is 12.3. The van der Waals surface area contributed by atoms with Crippen molar-refractivity contribution in [2.75, 3.05) is 11.9 Å². The van der Waals surface area contributed by atoms with Crippen LogP contribution < -0.4 is 10.6 Å². The predicted octanol–water partition coefficient (Wildman–Crippen LogP) is 2.59. The lowest BCUT2D eigenvalue weighted by Gasteiger charge is -2.20. The Hall–Kier alpha value is -1.70. The minimum Gasteiger partial charge on any atom is -0.450 e. The largest absolute Gasteiger partial charge is 0.450 e. The Balaban J connectivity index is 2.62. The lowest BCUT2D eigenvalue weighted by molar-refractivity contribution is -0.119. The molecule has 0 saturated carbocycles. The molecule has 8 heteroatoms. The van der Waals surface area contributed by atoms with Crippen molar-refractivity contribution in [2.45, 2.75) is 53.0 Å². The van der Waals surface area contributed by atoms with E-state index in [0.29, 0.717) is 5.13 Å². The highest BCUT2D eigenvalue weighted by atomic mass is 32.1. The molecular weight excluding hydrogens is 304 g/mol. The number of aromatic nitrogens is 2. The average molecular weight is 328 g/mol. The van der Waals surface area contributed by atoms with Gasteiger partial charge in [0.15, 0.2) is 0 Å². The van der Waals surface area contributed by atoms with E-state index in [1.54, 1.807) is 6.92 Å². The van der Waals surface area contributed by atoms with Crippen LogP contribution in [0.3, 0.4) is 0 Å². The van der Waals surface area contributed by atoms with Crippen molar-refractivity contribution < 1.29 is 14.3 Å². The molecule has 0 aliphatic rings. The number of aryl methyl sites for hydroxylation is 1. The van der Waals surface area contributed by atoms with Crippen LogP contribution in [0.4, 0.5) is 9.93 Å². The monoisotopic (exact) mass is 328 g/mol. The molecule has 0 aliphatic heterocycles. The van der Waals surface area contributed by atoms with E-state index in [2.05, 4.69) is 27.8 Å². The molecule has 1 rings (SSSR count). The first-order valence-corrected chi connectivity index (χ1v) is 8.36. The summed E-state index contributed by atoms with van der Waals surface area (Å²) in [6.07, 6.45) is 2.39. The summed E-state index contributed by atoms with van der Waals surface area (Å²) in [6, 6.07) is -0.679. The SMILES string of the molecule is CCCCc1nnc(NC(=O)[C@@H](NC(=O)OCC)C(C)C)s1. The van der Waals surface area contributed by atoms with Crippen molar-refractivity contribution in [1.29, 1.82) is 0 Å². The Kier molecular flexibility index (Phi) is 7.79. The van der Waals surface area contributed by atoms with Crippen LogP contribution in [-0.2, 0) is 16.0 Å². The van der Waals surface area contributed by atoms with E-state index in [9.17, 15) is 9.59 Å². The molecule has 124 valence electrons. The fraction of sp³-hybridized carbons (Fsp3) is 0.714. The van der Waals surface area contributed by atoms with Gasteiger partial charge in [-0.05, 0) is 19.3 Å². The number of unbranched alkanes of at least 4 members (excludes halogenated alkanes) is 1. The molecule has 0 unspecified atom stereocenters. The van der Waals surface area contributed by atoms with Gasteiger partial charge in [-0.2, -0.15) is 0 Å². The van der Waals surface area contributed by atoms with Crippen molar-refractivity contribution >= 4 is 28.5 Å². The normalized spacial score (nSPS) is 12.0. The number of amides is 2. The number of carbonyl (C=O) groups excluding carboxylic acids is 2. The van der Waals surface area contributed by atoms with E-state index in [4.69, 9.17) is 4.74 Å². The number of rotatable bonds is 8. The molecule has 2 N–H and O–H groups in total. The smallest absolute Gasteiger partial charge is 0.407 e. The molecule has 2 amide bonds. The van der Waals surface area contributed by atoms with Crippen molar-refractivity contribution in [3.05, 3.63) is 5.01 Å². The van der Waals surface area contributed by atoms with E-state index in [1.807, 2.05) is 13.8 Å². The first kappa shape index (κ1) is 18.3. The van der Waals surface area contributed by atoms with Crippen LogP contribution in [0.1, 0.15) is 45.5 Å². The van der Waals surface area contributed by atoms with Gasteiger partial charge in [-0.3, -0.25) is 10.1 Å². The first-order valence-electron chi connectivity index (χ1n) is 7.54. The van der Waals surface area contributed by atoms with Gasteiger partial charge in [-0.1, -0.05) is 38.5 Å². The molecule has 22 heavy (non-hydrogen) atoms. The molecule has 1 atom stereocenters. The van der Waals surface area contributed by atoms with Gasteiger partial charge in [-0.25, -0.2) is 4.79 Å². The highest BCUT2D eigenvalue weighted by Gasteiger charge is 2.25. The first-order chi connectivity index (χ1) is 10.5. The summed E-state index contributed by atoms with van der Waals surface area (Å²) in [6.45, 7) is 7.78. The van der Waals surface area contributed by atoms with Gasteiger partial charge >= 0.3 is 6.09 Å². The maximum Gasteiger partial charge on any atom is 0.407 e. The molecule has 1 aromatic heterocycles. The van der Waals surface area contributed by atoms with Crippen LogP contribution in [0.25, 0.3) is 0 Å². The van der Waals surface area contributed by atoms with E-state index in [1.165, 1.54) is 11.3 Å². The zero-order valence-corrected chi connectivity index (χ0v) is 14.3. The van der Waals surface area contributed by atoms with Crippen molar-refractivity contribution in [3.63, 3.8) is 0 Å². The van der Waals surface area contributed by atoms with Crippen LogP contribution in [0.2, 0.25) is 0 Å². The standard InChI is InChI=1S/C14H24N4O3S/c1-5-7-8-10-17-18-13(22-10)16-12(19)11(9(3)4)15-14(20)21-6-2/h9,11H,5-8H2,1-4H3,(H,15,20)(H,16,18,19)/t11-/m0/s1. The highest BCUT2D eigenvalue weighted by molar-refractivity contribution is 7.15. The molecular formula is C14H24N4O3S. The molecule has 0 radical (unpaired) electrons. The lowest BCUT2D eigenvalue weighted by atomic mass is 10.0. The number of nitrogens with zero attached hydrogens (tertiary/aromatic N) is 2. The van der Waals surface area contributed by atoms with Gasteiger partial charge in [0.25, 0.3) is 0 Å². The lowest BCUT2D eigenvalue weighted by Crippen LogP contribution is -2.47. The van der Waals surface area contributed by atoms with Crippen LogP contribution in [0.15, 0.2) is 0 Å². The Morgan fingerprint density at radius 3 is 2.59 bits per heavy atom. The number of carbonyl (C=O) groups is 2. The minimum absolute atomic E-state index is 0.0723. The van der Waals surface area contributed by atoms with E-state index in [-0.39, 0.29) is 18.4 Å². The van der Waals surface area contributed by atoms with Crippen molar-refractivity contribution in [1.82, 2.24) is 15.5 Å². The van der Waals surface area contributed by atoms with Gasteiger partial charge in [0.1, 0.15) is 11.0 Å². The van der Waals surface area contributed by atoms with Gasteiger partial charge in [0, 0.05) is 6.42 Å². The second-order valence-corrected chi connectivity index (χ2v) is 6.24. The Labute approximate surface area is 134 Å². The van der Waals surface area contributed by atoms with Gasteiger partial charge in [0.2, 0.25) is 11.0 Å². The van der Waals surface area contributed by atoms with E-state index < -0.39 is 12.1 Å². The quantitative estimate of drug-likeness (QED) is 0.765. The fourth-order valence-corrected chi connectivity index (χ4v) is 2.54. The average Bonchev–Trinajstić information content (AvgIpc) is 2.89. The second-order valence-electron chi connectivity index (χ2n) is 5.18. The third-order valence-electron chi connectivity index (χ3n) is 2.94. The summed E-state index contributed by atoms with van der Waals surface area (Å²) in [5.74, 6) is -0.391. The van der Waals surface area contributed by atoms with Crippen LogP contribution in [0, 0.1) is 5.92 Å². The predicted molar refractivity (Wildman–Crippen MR) is 85.9 cm³/mol. The molecule has 1 aromatic rings. The Bertz CT molecular complexity index is 490. The number of ether oxygens (including phenoxy) is 1. The van der Waals surface area contributed by atoms with Crippen molar-refractivity contribution in [3.8, 4) is 0 Å².